The molecule has 6 nitrogen and oxygen atoms in total. The smallest absolute Gasteiger partial charge is 0.310 e. The summed E-state index contributed by atoms with van der Waals surface area (Å²) in [5, 5.41) is 5.37. The molecule has 1 aliphatic carbocycles. The van der Waals surface area contributed by atoms with E-state index in [0.29, 0.717) is 0 Å². The lowest BCUT2D eigenvalue weighted by Gasteiger charge is -2.37. The number of nitrogens with zero attached hydrogens (tertiary/aromatic N) is 1. The number of hydrogen-bond acceptors (Lipinski definition) is 3. The monoisotopic (exact) mass is 460 g/mol. The molecular weight excluding hydrogens is 445 g/mol. The first-order chi connectivity index (χ1) is 15.2. The predicted octanol–water partition coefficient (Wildman–Crippen LogP) is 4.57. The highest BCUT2D eigenvalue weighted by Gasteiger charge is 2.59. The van der Waals surface area contributed by atoms with E-state index in [2.05, 4.69) is 27.1 Å². The first-order valence-electron chi connectivity index (χ1n) is 9.61. The molecule has 0 spiro atoms. The molecule has 1 atom stereocenters. The van der Waals surface area contributed by atoms with E-state index in [4.69, 9.17) is 11.6 Å². The Labute approximate surface area is 185 Å². The van der Waals surface area contributed by atoms with Crippen molar-refractivity contribution in [1.82, 2.24) is 15.3 Å². The predicted molar refractivity (Wildman–Crippen MR) is 114 cm³/mol. The van der Waals surface area contributed by atoms with Gasteiger partial charge in [0.25, 0.3) is 0 Å². The SMILES string of the molecule is O=C1Nc2ccc(Cl)cc2C(C#CC2CC2)(C(F)(F)F)N1.O=c1ncc2ccccc2[nH]1. The topological polar surface area (TPSA) is 86.9 Å². The minimum absolute atomic E-state index is 0.0290. The van der Waals surface area contributed by atoms with Gasteiger partial charge in [-0.1, -0.05) is 41.6 Å². The summed E-state index contributed by atoms with van der Waals surface area (Å²) in [6.07, 6.45) is -1.62. The van der Waals surface area contributed by atoms with Gasteiger partial charge in [0, 0.05) is 33.8 Å². The van der Waals surface area contributed by atoms with Gasteiger partial charge in [-0.3, -0.25) is 0 Å². The van der Waals surface area contributed by atoms with E-state index in [9.17, 15) is 22.8 Å². The van der Waals surface area contributed by atoms with Gasteiger partial charge in [0.2, 0.25) is 5.54 Å². The summed E-state index contributed by atoms with van der Waals surface area (Å²) in [5.41, 5.74) is -2.32. The Morgan fingerprint density at radius 1 is 1.12 bits per heavy atom. The van der Waals surface area contributed by atoms with Gasteiger partial charge in [0.15, 0.2) is 0 Å². The third-order valence-corrected chi connectivity index (χ3v) is 5.16. The fraction of sp³-hybridized carbons (Fsp3) is 0.227. The third-order valence-electron chi connectivity index (χ3n) is 4.92. The van der Waals surface area contributed by atoms with Crippen molar-refractivity contribution in [3.05, 3.63) is 69.7 Å². The van der Waals surface area contributed by atoms with Crippen molar-refractivity contribution in [1.29, 1.82) is 0 Å². The number of aromatic nitrogens is 2. The van der Waals surface area contributed by atoms with Crippen LogP contribution in [0.2, 0.25) is 5.02 Å². The molecule has 1 aromatic heterocycles. The molecule has 3 N–H and O–H groups in total. The van der Waals surface area contributed by atoms with E-state index in [1.807, 2.05) is 29.6 Å². The molecule has 2 heterocycles. The Morgan fingerprint density at radius 2 is 1.88 bits per heavy atom. The zero-order valence-electron chi connectivity index (χ0n) is 16.4. The number of rotatable bonds is 0. The molecule has 1 fully saturated rings. The highest BCUT2D eigenvalue weighted by Crippen LogP contribution is 2.45. The Morgan fingerprint density at radius 3 is 2.59 bits per heavy atom. The molecule has 10 heteroatoms. The molecule has 3 aromatic rings. The van der Waals surface area contributed by atoms with Crippen LogP contribution in [-0.2, 0) is 5.54 Å². The Balaban J connectivity index is 0.000000186. The van der Waals surface area contributed by atoms with Crippen LogP contribution in [0.5, 0.6) is 0 Å². The number of benzene rings is 2. The number of hydrogen-bond donors (Lipinski definition) is 3. The van der Waals surface area contributed by atoms with E-state index in [1.165, 1.54) is 18.2 Å². The van der Waals surface area contributed by atoms with Crippen molar-refractivity contribution >= 4 is 34.2 Å². The Kier molecular flexibility index (Phi) is 5.57. The van der Waals surface area contributed by atoms with Crippen molar-refractivity contribution in [3.8, 4) is 11.8 Å². The van der Waals surface area contributed by atoms with Crippen molar-refractivity contribution in [2.45, 2.75) is 24.6 Å². The van der Waals surface area contributed by atoms with Crippen LogP contribution in [0.25, 0.3) is 10.9 Å². The molecule has 1 saturated carbocycles. The lowest BCUT2D eigenvalue weighted by Crippen LogP contribution is -2.59. The van der Waals surface area contributed by atoms with Gasteiger partial charge >= 0.3 is 17.9 Å². The van der Waals surface area contributed by atoms with E-state index in [1.54, 1.807) is 6.20 Å². The summed E-state index contributed by atoms with van der Waals surface area (Å²) in [5.74, 6) is 4.82. The van der Waals surface area contributed by atoms with Crippen LogP contribution in [0.15, 0.2) is 53.5 Å². The van der Waals surface area contributed by atoms with E-state index < -0.39 is 17.7 Å². The first kappa shape index (κ1) is 21.7. The van der Waals surface area contributed by atoms with Crippen molar-refractivity contribution in [2.24, 2.45) is 5.92 Å². The lowest BCUT2D eigenvalue weighted by atomic mass is 9.86. The summed E-state index contributed by atoms with van der Waals surface area (Å²) in [6, 6.07) is 10.5. The summed E-state index contributed by atoms with van der Waals surface area (Å²) in [4.78, 5) is 28.5. The van der Waals surface area contributed by atoms with Gasteiger partial charge in [0.05, 0.1) is 5.52 Å². The molecule has 2 aliphatic rings. The number of amides is 2. The number of urea groups is 1. The molecular formula is C22H16ClF3N4O2. The van der Waals surface area contributed by atoms with Crippen molar-refractivity contribution < 1.29 is 18.0 Å². The van der Waals surface area contributed by atoms with E-state index >= 15 is 0 Å². The Bertz CT molecular complexity index is 1310. The summed E-state index contributed by atoms with van der Waals surface area (Å²) in [7, 11) is 0. The first-order valence-corrected chi connectivity index (χ1v) is 9.98. The van der Waals surface area contributed by atoms with Gasteiger partial charge in [-0.15, -0.1) is 0 Å². The average molecular weight is 461 g/mol. The quantitative estimate of drug-likeness (QED) is 0.429. The molecule has 5 rings (SSSR count). The standard InChI is InChI=1S/C14H10ClF3N2O.C8H6N2O/c15-9-3-4-11-10(7-9)13(14(16,17)18,20-12(21)19-11)6-5-8-1-2-8;11-8-9-5-6-3-1-2-4-7(6)10-8/h3-4,7-8H,1-2H2,(H2,19,20,21);1-5H,(H,9,10,11). The Hall–Kier alpha value is -3.51. The van der Waals surface area contributed by atoms with Crippen LogP contribution in [0.3, 0.4) is 0 Å². The number of H-pyrrole nitrogens is 1. The highest BCUT2D eigenvalue weighted by atomic mass is 35.5. The molecule has 32 heavy (non-hydrogen) atoms. The number of nitrogens with one attached hydrogen (secondary N) is 3. The van der Waals surface area contributed by atoms with Gasteiger partial charge in [0.1, 0.15) is 0 Å². The van der Waals surface area contributed by atoms with Crippen molar-refractivity contribution in [3.63, 3.8) is 0 Å². The number of para-hydroxylation sites is 1. The molecule has 0 bridgehead atoms. The zero-order valence-corrected chi connectivity index (χ0v) is 17.1. The van der Waals surface area contributed by atoms with Crippen molar-refractivity contribution in [2.75, 3.05) is 5.32 Å². The maximum absolute atomic E-state index is 13.7. The summed E-state index contributed by atoms with van der Waals surface area (Å²) >= 11 is 5.81. The van der Waals surface area contributed by atoms with Crippen LogP contribution in [0, 0.1) is 17.8 Å². The molecule has 2 amide bonds. The number of fused-ring (bicyclic) bond motifs is 2. The molecule has 2 aromatic carbocycles. The fourth-order valence-electron chi connectivity index (χ4n) is 3.16. The summed E-state index contributed by atoms with van der Waals surface area (Å²) in [6.45, 7) is 0. The number of aromatic amines is 1. The molecule has 1 aliphatic heterocycles. The van der Waals surface area contributed by atoms with Gasteiger partial charge in [-0.25, -0.2) is 14.6 Å². The van der Waals surface area contributed by atoms with Crippen LogP contribution < -0.4 is 16.3 Å². The van der Waals surface area contributed by atoms with E-state index in [-0.39, 0.29) is 27.9 Å². The van der Waals surface area contributed by atoms with Crippen LogP contribution in [-0.4, -0.2) is 22.2 Å². The van der Waals surface area contributed by atoms with Gasteiger partial charge in [-0.05, 0) is 37.1 Å². The third kappa shape index (κ3) is 4.41. The molecule has 0 saturated heterocycles. The zero-order chi connectivity index (χ0) is 22.9. The normalized spacial score (nSPS) is 19.4. The number of anilines is 1. The molecule has 1 unspecified atom stereocenters. The summed E-state index contributed by atoms with van der Waals surface area (Å²) < 4.78 is 41.0. The number of carbonyl (C=O) groups excluding carboxylic acids is 1. The van der Waals surface area contributed by atoms with E-state index in [0.717, 1.165) is 23.7 Å². The highest BCUT2D eigenvalue weighted by molar-refractivity contribution is 6.30. The van der Waals surface area contributed by atoms with Gasteiger partial charge < -0.3 is 15.6 Å². The maximum atomic E-state index is 13.7. The molecule has 164 valence electrons. The second kappa shape index (κ2) is 8.20. The van der Waals surface area contributed by atoms with Crippen LogP contribution in [0.1, 0.15) is 18.4 Å². The second-order valence-corrected chi connectivity index (χ2v) is 7.77. The number of alkyl halides is 3. The largest absolute Gasteiger partial charge is 0.427 e. The maximum Gasteiger partial charge on any atom is 0.427 e. The second-order valence-electron chi connectivity index (χ2n) is 7.34. The minimum Gasteiger partial charge on any atom is -0.310 e. The number of halogens is 4. The minimum atomic E-state index is -4.76. The van der Waals surface area contributed by atoms with Gasteiger partial charge in [-0.2, -0.15) is 13.2 Å². The van der Waals surface area contributed by atoms with Crippen LogP contribution in [0.4, 0.5) is 23.7 Å². The average Bonchev–Trinajstić information content (AvgIpc) is 3.56. The number of carbonyl (C=O) groups is 1. The molecule has 0 radical (unpaired) electrons. The fourth-order valence-corrected chi connectivity index (χ4v) is 3.33. The van der Waals surface area contributed by atoms with Crippen LogP contribution >= 0.6 is 11.6 Å². The lowest BCUT2D eigenvalue weighted by molar-refractivity contribution is -0.178.